The lowest BCUT2D eigenvalue weighted by Gasteiger charge is -2.26. The van der Waals surface area contributed by atoms with Gasteiger partial charge in [-0.2, -0.15) is 5.26 Å². The van der Waals surface area contributed by atoms with Crippen LogP contribution in [0, 0.1) is 11.3 Å². The molecular formula is C14H18N4O. The molecule has 2 rings (SSSR count). The molecule has 1 amide bonds. The number of carbonyl (C=O) groups excluding carboxylic acids is 1. The van der Waals surface area contributed by atoms with Gasteiger partial charge in [-0.25, -0.2) is 4.98 Å². The molecule has 5 nitrogen and oxygen atoms in total. The molecule has 0 aromatic carbocycles. The molecule has 1 N–H and O–H groups in total. The highest BCUT2D eigenvalue weighted by molar-refractivity contribution is 5.76. The molecule has 2 heterocycles. The Labute approximate surface area is 113 Å². The van der Waals surface area contributed by atoms with Crippen molar-refractivity contribution in [3.8, 4) is 6.07 Å². The van der Waals surface area contributed by atoms with Crippen LogP contribution >= 0.6 is 0 Å². The average molecular weight is 258 g/mol. The smallest absolute Gasteiger partial charge is 0.224 e. The van der Waals surface area contributed by atoms with E-state index in [0.29, 0.717) is 18.7 Å². The fourth-order valence-electron chi connectivity index (χ4n) is 2.18. The van der Waals surface area contributed by atoms with Crippen molar-refractivity contribution in [1.82, 2.24) is 9.88 Å². The third kappa shape index (κ3) is 3.95. The Balaban J connectivity index is 1.73. The predicted octanol–water partition coefficient (Wildman–Crippen LogP) is 1.77. The van der Waals surface area contributed by atoms with E-state index in [9.17, 15) is 4.79 Å². The highest BCUT2D eigenvalue weighted by Crippen LogP contribution is 2.10. The summed E-state index contributed by atoms with van der Waals surface area (Å²) in [6, 6.07) is 5.44. The van der Waals surface area contributed by atoms with Gasteiger partial charge in [0.05, 0.1) is 11.9 Å². The highest BCUT2D eigenvalue weighted by Gasteiger charge is 2.15. The Morgan fingerprint density at radius 2 is 2.16 bits per heavy atom. The first-order chi connectivity index (χ1) is 9.29. The lowest BCUT2D eigenvalue weighted by Crippen LogP contribution is -2.36. The standard InChI is InChI=1S/C14H18N4O/c15-10-12-4-5-13(11-17-12)16-7-6-14(19)18-8-2-1-3-9-18/h4-5,11,16H,1-3,6-9H2. The van der Waals surface area contributed by atoms with Crippen molar-refractivity contribution < 1.29 is 4.79 Å². The zero-order chi connectivity index (χ0) is 13.5. The molecule has 1 aliphatic rings. The minimum absolute atomic E-state index is 0.216. The molecular weight excluding hydrogens is 240 g/mol. The molecule has 5 heteroatoms. The van der Waals surface area contributed by atoms with E-state index in [1.165, 1.54) is 6.42 Å². The van der Waals surface area contributed by atoms with Gasteiger partial charge < -0.3 is 10.2 Å². The maximum atomic E-state index is 11.9. The van der Waals surface area contributed by atoms with Crippen molar-refractivity contribution in [2.45, 2.75) is 25.7 Å². The Kier molecular flexibility index (Phi) is 4.73. The molecule has 19 heavy (non-hydrogen) atoms. The van der Waals surface area contributed by atoms with Crippen LogP contribution in [0.5, 0.6) is 0 Å². The topological polar surface area (TPSA) is 69.0 Å². The number of aromatic nitrogens is 1. The lowest BCUT2D eigenvalue weighted by molar-refractivity contribution is -0.131. The molecule has 1 aromatic heterocycles. The van der Waals surface area contributed by atoms with Crippen molar-refractivity contribution >= 4 is 11.6 Å². The van der Waals surface area contributed by atoms with Crippen molar-refractivity contribution in [3.05, 3.63) is 24.0 Å². The molecule has 0 bridgehead atoms. The molecule has 0 aliphatic carbocycles. The Morgan fingerprint density at radius 1 is 1.37 bits per heavy atom. The van der Waals surface area contributed by atoms with Gasteiger partial charge in [0, 0.05) is 26.1 Å². The van der Waals surface area contributed by atoms with Gasteiger partial charge in [-0.15, -0.1) is 0 Å². The number of rotatable bonds is 4. The second-order valence-corrected chi connectivity index (χ2v) is 4.66. The second kappa shape index (κ2) is 6.74. The van der Waals surface area contributed by atoms with Crippen LogP contribution in [0.2, 0.25) is 0 Å². The molecule has 1 saturated heterocycles. The third-order valence-electron chi connectivity index (χ3n) is 3.25. The highest BCUT2D eigenvalue weighted by atomic mass is 16.2. The van der Waals surface area contributed by atoms with E-state index in [4.69, 9.17) is 5.26 Å². The summed E-state index contributed by atoms with van der Waals surface area (Å²) in [5.74, 6) is 0.216. The number of anilines is 1. The summed E-state index contributed by atoms with van der Waals surface area (Å²) >= 11 is 0. The van der Waals surface area contributed by atoms with E-state index >= 15 is 0 Å². The van der Waals surface area contributed by atoms with Crippen molar-refractivity contribution in [2.75, 3.05) is 25.0 Å². The number of nitrogens with one attached hydrogen (secondary N) is 1. The van der Waals surface area contributed by atoms with Gasteiger partial charge in [0.15, 0.2) is 0 Å². The molecule has 0 spiro atoms. The number of amides is 1. The molecule has 0 atom stereocenters. The summed E-state index contributed by atoms with van der Waals surface area (Å²) in [6.45, 7) is 2.40. The monoisotopic (exact) mass is 258 g/mol. The van der Waals surface area contributed by atoms with Gasteiger partial charge >= 0.3 is 0 Å². The molecule has 0 unspecified atom stereocenters. The van der Waals surface area contributed by atoms with Crippen LogP contribution in [0.1, 0.15) is 31.4 Å². The first-order valence-corrected chi connectivity index (χ1v) is 6.67. The second-order valence-electron chi connectivity index (χ2n) is 4.66. The molecule has 100 valence electrons. The molecule has 1 aromatic rings. The number of hydrogen-bond acceptors (Lipinski definition) is 4. The van der Waals surface area contributed by atoms with E-state index in [0.717, 1.165) is 31.6 Å². The Hall–Kier alpha value is -2.09. The van der Waals surface area contributed by atoms with Gasteiger partial charge in [0.2, 0.25) is 5.91 Å². The number of pyridine rings is 1. The zero-order valence-electron chi connectivity index (χ0n) is 10.9. The zero-order valence-corrected chi connectivity index (χ0v) is 10.9. The van der Waals surface area contributed by atoms with E-state index in [1.807, 2.05) is 11.0 Å². The fourth-order valence-corrected chi connectivity index (χ4v) is 2.18. The first kappa shape index (κ1) is 13.3. The summed E-state index contributed by atoms with van der Waals surface area (Å²) in [6.07, 6.45) is 5.60. The Bertz CT molecular complexity index is 457. The van der Waals surface area contributed by atoms with Gasteiger partial charge in [0.1, 0.15) is 11.8 Å². The van der Waals surface area contributed by atoms with Gasteiger partial charge in [-0.05, 0) is 31.4 Å². The SMILES string of the molecule is N#Cc1ccc(NCCC(=O)N2CCCCC2)cn1. The Morgan fingerprint density at radius 3 is 2.79 bits per heavy atom. The van der Waals surface area contributed by atoms with Crippen LogP contribution in [-0.4, -0.2) is 35.4 Å². The van der Waals surface area contributed by atoms with E-state index in [1.54, 1.807) is 18.3 Å². The average Bonchev–Trinajstić information content (AvgIpc) is 2.49. The predicted molar refractivity (Wildman–Crippen MR) is 72.5 cm³/mol. The minimum Gasteiger partial charge on any atom is -0.383 e. The van der Waals surface area contributed by atoms with Gasteiger partial charge in [-0.3, -0.25) is 4.79 Å². The maximum absolute atomic E-state index is 11.9. The van der Waals surface area contributed by atoms with E-state index < -0.39 is 0 Å². The van der Waals surface area contributed by atoms with Crippen LogP contribution in [0.25, 0.3) is 0 Å². The number of carbonyl (C=O) groups is 1. The number of likely N-dealkylation sites (tertiary alicyclic amines) is 1. The number of nitriles is 1. The summed E-state index contributed by atoms with van der Waals surface area (Å²) in [5.41, 5.74) is 1.24. The molecule has 1 aliphatic heterocycles. The van der Waals surface area contributed by atoms with E-state index in [-0.39, 0.29) is 5.91 Å². The summed E-state index contributed by atoms with van der Waals surface area (Å²) in [5, 5.41) is 11.8. The van der Waals surface area contributed by atoms with Crippen LogP contribution in [0.3, 0.4) is 0 Å². The van der Waals surface area contributed by atoms with Crippen molar-refractivity contribution in [2.24, 2.45) is 0 Å². The van der Waals surface area contributed by atoms with Crippen LogP contribution in [-0.2, 0) is 4.79 Å². The number of hydrogen-bond donors (Lipinski definition) is 1. The first-order valence-electron chi connectivity index (χ1n) is 6.67. The minimum atomic E-state index is 0.216. The van der Waals surface area contributed by atoms with E-state index in [2.05, 4.69) is 10.3 Å². The summed E-state index contributed by atoms with van der Waals surface area (Å²) in [4.78, 5) is 17.8. The summed E-state index contributed by atoms with van der Waals surface area (Å²) < 4.78 is 0. The lowest BCUT2D eigenvalue weighted by atomic mass is 10.1. The molecule has 0 radical (unpaired) electrons. The third-order valence-corrected chi connectivity index (χ3v) is 3.25. The van der Waals surface area contributed by atoms with Gasteiger partial charge in [0.25, 0.3) is 0 Å². The van der Waals surface area contributed by atoms with Crippen LogP contribution in [0.15, 0.2) is 18.3 Å². The van der Waals surface area contributed by atoms with Crippen molar-refractivity contribution in [1.29, 1.82) is 5.26 Å². The maximum Gasteiger partial charge on any atom is 0.224 e. The van der Waals surface area contributed by atoms with Crippen molar-refractivity contribution in [3.63, 3.8) is 0 Å². The summed E-state index contributed by atoms with van der Waals surface area (Å²) in [7, 11) is 0. The molecule has 0 saturated carbocycles. The quantitative estimate of drug-likeness (QED) is 0.893. The molecule has 1 fully saturated rings. The van der Waals surface area contributed by atoms with Crippen LogP contribution < -0.4 is 5.32 Å². The number of nitrogens with zero attached hydrogens (tertiary/aromatic N) is 3. The van der Waals surface area contributed by atoms with Gasteiger partial charge in [-0.1, -0.05) is 0 Å². The normalized spacial score (nSPS) is 14.8. The number of piperidine rings is 1. The fraction of sp³-hybridized carbons (Fsp3) is 0.500. The largest absolute Gasteiger partial charge is 0.383 e. The van der Waals surface area contributed by atoms with Crippen LogP contribution in [0.4, 0.5) is 5.69 Å².